The summed E-state index contributed by atoms with van der Waals surface area (Å²) >= 11 is 0. The maximum absolute atomic E-state index is 11.4. The Morgan fingerprint density at radius 3 is 1.94 bits per heavy atom. The first-order valence-corrected chi connectivity index (χ1v) is 6.78. The van der Waals surface area contributed by atoms with E-state index in [4.69, 9.17) is 0 Å². The SMILES string of the molecule is CC(=O)N(C)CC12CC3CC(CC(C3)C1)C2. The highest BCUT2D eigenvalue weighted by Gasteiger charge is 2.51. The summed E-state index contributed by atoms with van der Waals surface area (Å²) in [7, 11) is 1.97. The number of carbonyl (C=O) groups excluding carboxylic acids is 1. The van der Waals surface area contributed by atoms with E-state index in [0.29, 0.717) is 5.41 Å². The van der Waals surface area contributed by atoms with Crippen LogP contribution in [0.25, 0.3) is 0 Å². The van der Waals surface area contributed by atoms with Gasteiger partial charge in [0, 0.05) is 20.5 Å². The number of nitrogens with zero attached hydrogens (tertiary/aromatic N) is 1. The van der Waals surface area contributed by atoms with Gasteiger partial charge in [0.15, 0.2) is 0 Å². The van der Waals surface area contributed by atoms with Crippen molar-refractivity contribution < 1.29 is 4.79 Å². The second kappa shape index (κ2) is 3.48. The Bertz CT molecular complexity index is 275. The standard InChI is InChI=1S/C14H23NO/c1-10(16)15(2)9-14-6-11-3-12(7-14)5-13(4-11)8-14/h11-13H,3-9H2,1-2H3. The van der Waals surface area contributed by atoms with Gasteiger partial charge in [-0.15, -0.1) is 0 Å². The zero-order valence-corrected chi connectivity index (χ0v) is 10.5. The van der Waals surface area contributed by atoms with Crippen molar-refractivity contribution in [2.24, 2.45) is 23.2 Å². The zero-order chi connectivity index (χ0) is 11.3. The Hall–Kier alpha value is -0.530. The normalized spacial score (nSPS) is 44.8. The average molecular weight is 221 g/mol. The number of amides is 1. The lowest BCUT2D eigenvalue weighted by Crippen LogP contribution is -2.51. The van der Waals surface area contributed by atoms with Gasteiger partial charge in [0.1, 0.15) is 0 Å². The lowest BCUT2D eigenvalue weighted by atomic mass is 9.49. The summed E-state index contributed by atoms with van der Waals surface area (Å²) in [6.45, 7) is 2.71. The Labute approximate surface area is 98.4 Å². The van der Waals surface area contributed by atoms with Crippen LogP contribution in [-0.4, -0.2) is 24.4 Å². The third-order valence-electron chi connectivity index (χ3n) is 5.28. The molecule has 0 atom stereocenters. The van der Waals surface area contributed by atoms with Gasteiger partial charge in [0.25, 0.3) is 0 Å². The summed E-state index contributed by atoms with van der Waals surface area (Å²) in [5.74, 6) is 3.21. The number of carbonyl (C=O) groups is 1. The molecule has 0 aromatic rings. The summed E-state index contributed by atoms with van der Waals surface area (Å²) in [6.07, 6.45) is 8.67. The molecule has 0 spiro atoms. The topological polar surface area (TPSA) is 20.3 Å². The highest BCUT2D eigenvalue weighted by atomic mass is 16.2. The van der Waals surface area contributed by atoms with Crippen molar-refractivity contribution in [1.29, 1.82) is 0 Å². The van der Waals surface area contributed by atoms with Crippen LogP contribution in [0.1, 0.15) is 45.4 Å². The van der Waals surface area contributed by atoms with E-state index < -0.39 is 0 Å². The molecule has 0 unspecified atom stereocenters. The van der Waals surface area contributed by atoms with Crippen molar-refractivity contribution in [3.8, 4) is 0 Å². The molecule has 4 fully saturated rings. The van der Waals surface area contributed by atoms with E-state index in [-0.39, 0.29) is 5.91 Å². The van der Waals surface area contributed by atoms with Gasteiger partial charge in [-0.3, -0.25) is 4.79 Å². The van der Waals surface area contributed by atoms with E-state index in [1.54, 1.807) is 6.92 Å². The quantitative estimate of drug-likeness (QED) is 0.702. The summed E-state index contributed by atoms with van der Waals surface area (Å²) < 4.78 is 0. The Morgan fingerprint density at radius 1 is 1.12 bits per heavy atom. The minimum atomic E-state index is 0.232. The molecule has 0 radical (unpaired) electrons. The first kappa shape index (κ1) is 10.6. The molecule has 4 aliphatic rings. The van der Waals surface area contributed by atoms with Gasteiger partial charge in [-0.05, 0) is 61.7 Å². The van der Waals surface area contributed by atoms with Crippen LogP contribution in [-0.2, 0) is 4.79 Å². The first-order valence-electron chi connectivity index (χ1n) is 6.78. The largest absolute Gasteiger partial charge is 0.345 e. The molecule has 0 aliphatic heterocycles. The number of hydrogen-bond donors (Lipinski definition) is 0. The third-order valence-corrected chi connectivity index (χ3v) is 5.28. The highest BCUT2D eigenvalue weighted by Crippen LogP contribution is 2.60. The Morgan fingerprint density at radius 2 is 1.56 bits per heavy atom. The van der Waals surface area contributed by atoms with Crippen LogP contribution in [0.4, 0.5) is 0 Å². The van der Waals surface area contributed by atoms with Gasteiger partial charge >= 0.3 is 0 Å². The molecular weight excluding hydrogens is 198 g/mol. The Kier molecular flexibility index (Phi) is 2.31. The molecule has 4 rings (SSSR count). The van der Waals surface area contributed by atoms with Gasteiger partial charge in [-0.2, -0.15) is 0 Å². The first-order chi connectivity index (χ1) is 7.56. The minimum Gasteiger partial charge on any atom is -0.345 e. The van der Waals surface area contributed by atoms with E-state index in [0.717, 1.165) is 24.3 Å². The molecular formula is C14H23NO. The zero-order valence-electron chi connectivity index (χ0n) is 10.5. The summed E-state index contributed by atoms with van der Waals surface area (Å²) in [5, 5.41) is 0. The van der Waals surface area contributed by atoms with Crippen molar-refractivity contribution in [3.63, 3.8) is 0 Å². The minimum absolute atomic E-state index is 0.232. The molecule has 2 nitrogen and oxygen atoms in total. The molecule has 4 saturated carbocycles. The molecule has 4 aliphatic carbocycles. The monoisotopic (exact) mass is 221 g/mol. The number of rotatable bonds is 2. The van der Waals surface area contributed by atoms with Crippen LogP contribution in [0.5, 0.6) is 0 Å². The van der Waals surface area contributed by atoms with Gasteiger partial charge in [-0.25, -0.2) is 0 Å². The van der Waals surface area contributed by atoms with Gasteiger partial charge in [0.2, 0.25) is 5.91 Å². The summed E-state index contributed by atoms with van der Waals surface area (Å²) in [6, 6.07) is 0. The van der Waals surface area contributed by atoms with Crippen LogP contribution >= 0.6 is 0 Å². The average Bonchev–Trinajstić information content (AvgIpc) is 2.13. The predicted molar refractivity (Wildman–Crippen MR) is 63.9 cm³/mol. The van der Waals surface area contributed by atoms with E-state index in [1.165, 1.54) is 38.5 Å². The third kappa shape index (κ3) is 1.66. The van der Waals surface area contributed by atoms with Crippen LogP contribution < -0.4 is 0 Å². The van der Waals surface area contributed by atoms with E-state index in [1.807, 2.05) is 11.9 Å². The molecule has 4 bridgehead atoms. The van der Waals surface area contributed by atoms with Crippen LogP contribution in [0.2, 0.25) is 0 Å². The molecule has 90 valence electrons. The molecule has 0 N–H and O–H groups in total. The molecule has 0 aromatic heterocycles. The second-order valence-electron chi connectivity index (χ2n) is 6.79. The fourth-order valence-electron chi connectivity index (χ4n) is 5.10. The van der Waals surface area contributed by atoms with Crippen LogP contribution in [0.3, 0.4) is 0 Å². The van der Waals surface area contributed by atoms with Crippen molar-refractivity contribution in [2.45, 2.75) is 45.4 Å². The fourth-order valence-corrected chi connectivity index (χ4v) is 5.10. The maximum Gasteiger partial charge on any atom is 0.219 e. The van der Waals surface area contributed by atoms with Crippen molar-refractivity contribution in [1.82, 2.24) is 4.90 Å². The predicted octanol–water partition coefficient (Wildman–Crippen LogP) is 2.68. The van der Waals surface area contributed by atoms with Crippen molar-refractivity contribution in [3.05, 3.63) is 0 Å². The van der Waals surface area contributed by atoms with Crippen LogP contribution in [0, 0.1) is 23.2 Å². The number of hydrogen-bond acceptors (Lipinski definition) is 1. The van der Waals surface area contributed by atoms with Gasteiger partial charge < -0.3 is 4.90 Å². The molecule has 0 saturated heterocycles. The van der Waals surface area contributed by atoms with Gasteiger partial charge in [0.05, 0.1) is 0 Å². The van der Waals surface area contributed by atoms with E-state index >= 15 is 0 Å². The van der Waals surface area contributed by atoms with Crippen molar-refractivity contribution in [2.75, 3.05) is 13.6 Å². The smallest absolute Gasteiger partial charge is 0.219 e. The summed E-state index contributed by atoms with van der Waals surface area (Å²) in [5.41, 5.74) is 0.509. The molecule has 2 heteroatoms. The van der Waals surface area contributed by atoms with E-state index in [9.17, 15) is 4.79 Å². The Balaban J connectivity index is 1.76. The lowest BCUT2D eigenvalue weighted by molar-refractivity contribution is -0.133. The molecule has 1 amide bonds. The van der Waals surface area contributed by atoms with Gasteiger partial charge in [-0.1, -0.05) is 0 Å². The summed E-state index contributed by atoms with van der Waals surface area (Å²) in [4.78, 5) is 13.3. The second-order valence-corrected chi connectivity index (χ2v) is 6.79. The fraction of sp³-hybridized carbons (Fsp3) is 0.929. The van der Waals surface area contributed by atoms with E-state index in [2.05, 4.69) is 0 Å². The highest BCUT2D eigenvalue weighted by molar-refractivity contribution is 5.72. The lowest BCUT2D eigenvalue weighted by Gasteiger charge is -2.57. The molecule has 0 aromatic carbocycles. The maximum atomic E-state index is 11.4. The van der Waals surface area contributed by atoms with Crippen molar-refractivity contribution >= 4 is 5.91 Å². The molecule has 0 heterocycles. The molecule has 16 heavy (non-hydrogen) atoms. The van der Waals surface area contributed by atoms with Crippen LogP contribution in [0.15, 0.2) is 0 Å².